The number of benzene rings is 1. The molecule has 16 heavy (non-hydrogen) atoms. The van der Waals surface area contributed by atoms with Crippen molar-refractivity contribution < 1.29 is 0 Å². The summed E-state index contributed by atoms with van der Waals surface area (Å²) in [7, 11) is 0. The van der Waals surface area contributed by atoms with Gasteiger partial charge in [-0.3, -0.25) is 0 Å². The monoisotopic (exact) mass is 217 g/mol. The van der Waals surface area contributed by atoms with Gasteiger partial charge in [0.05, 0.1) is 0 Å². The van der Waals surface area contributed by atoms with Crippen LogP contribution >= 0.6 is 0 Å². The molecule has 0 aromatic heterocycles. The fourth-order valence-electron chi connectivity index (χ4n) is 2.50. The Balaban J connectivity index is 2.13. The van der Waals surface area contributed by atoms with Crippen molar-refractivity contribution in [1.29, 1.82) is 0 Å². The molecule has 1 heteroatoms. The molecule has 1 aromatic carbocycles. The van der Waals surface area contributed by atoms with Crippen LogP contribution in [0.25, 0.3) is 0 Å². The maximum atomic E-state index is 3.64. The Bertz CT molecular complexity index is 324. The van der Waals surface area contributed by atoms with Gasteiger partial charge in [-0.2, -0.15) is 0 Å². The summed E-state index contributed by atoms with van der Waals surface area (Å²) >= 11 is 0. The molecule has 0 heterocycles. The zero-order chi connectivity index (χ0) is 11.5. The summed E-state index contributed by atoms with van der Waals surface area (Å²) in [6.07, 6.45) is 2.85. The standard InChI is InChI=1S/C15H23N/c1-4-16-15(12(3)13-9-10-13)14-7-5-11(2)6-8-14/h5-8,12-13,15-16H,4,9-10H2,1-3H3. The lowest BCUT2D eigenvalue weighted by molar-refractivity contribution is 0.355. The van der Waals surface area contributed by atoms with Crippen LogP contribution in [0.1, 0.15) is 43.9 Å². The lowest BCUT2D eigenvalue weighted by atomic mass is 9.90. The summed E-state index contributed by atoms with van der Waals surface area (Å²) in [5, 5.41) is 3.64. The first-order chi connectivity index (χ1) is 7.72. The zero-order valence-corrected chi connectivity index (χ0v) is 10.7. The molecular formula is C15H23N. The minimum Gasteiger partial charge on any atom is -0.310 e. The topological polar surface area (TPSA) is 12.0 Å². The minimum atomic E-state index is 0.540. The third-order valence-corrected chi connectivity index (χ3v) is 3.75. The lowest BCUT2D eigenvalue weighted by Crippen LogP contribution is -2.27. The summed E-state index contributed by atoms with van der Waals surface area (Å²) in [6.45, 7) is 7.79. The Morgan fingerprint density at radius 2 is 1.88 bits per heavy atom. The van der Waals surface area contributed by atoms with Gasteiger partial charge in [0.25, 0.3) is 0 Å². The van der Waals surface area contributed by atoms with Gasteiger partial charge in [-0.15, -0.1) is 0 Å². The Hall–Kier alpha value is -0.820. The highest BCUT2D eigenvalue weighted by Crippen LogP contribution is 2.42. The van der Waals surface area contributed by atoms with Crippen molar-refractivity contribution in [1.82, 2.24) is 5.32 Å². The van der Waals surface area contributed by atoms with Crippen LogP contribution in [0.4, 0.5) is 0 Å². The molecular weight excluding hydrogens is 194 g/mol. The highest BCUT2D eigenvalue weighted by Gasteiger charge is 2.33. The minimum absolute atomic E-state index is 0.540. The number of hydrogen-bond acceptors (Lipinski definition) is 1. The predicted molar refractivity (Wildman–Crippen MR) is 69.5 cm³/mol. The quantitative estimate of drug-likeness (QED) is 0.793. The predicted octanol–water partition coefficient (Wildman–Crippen LogP) is 3.69. The van der Waals surface area contributed by atoms with E-state index in [1.54, 1.807) is 0 Å². The highest BCUT2D eigenvalue weighted by molar-refractivity contribution is 5.25. The van der Waals surface area contributed by atoms with Crippen molar-refractivity contribution in [2.75, 3.05) is 6.54 Å². The average Bonchev–Trinajstić information content (AvgIpc) is 3.10. The van der Waals surface area contributed by atoms with Gasteiger partial charge in [0, 0.05) is 6.04 Å². The molecule has 2 unspecified atom stereocenters. The van der Waals surface area contributed by atoms with E-state index in [9.17, 15) is 0 Å². The molecule has 88 valence electrons. The van der Waals surface area contributed by atoms with E-state index in [2.05, 4.69) is 50.4 Å². The molecule has 2 atom stereocenters. The van der Waals surface area contributed by atoms with E-state index in [0.29, 0.717) is 6.04 Å². The van der Waals surface area contributed by atoms with Crippen LogP contribution in [0.15, 0.2) is 24.3 Å². The van der Waals surface area contributed by atoms with Gasteiger partial charge in [0.15, 0.2) is 0 Å². The van der Waals surface area contributed by atoms with Gasteiger partial charge in [0.1, 0.15) is 0 Å². The Morgan fingerprint density at radius 3 is 2.38 bits per heavy atom. The number of rotatable bonds is 5. The van der Waals surface area contributed by atoms with Crippen molar-refractivity contribution in [3.8, 4) is 0 Å². The van der Waals surface area contributed by atoms with Gasteiger partial charge in [-0.1, -0.05) is 43.7 Å². The molecule has 1 aliphatic rings. The Morgan fingerprint density at radius 1 is 1.25 bits per heavy atom. The first-order valence-electron chi connectivity index (χ1n) is 6.52. The molecule has 2 rings (SSSR count). The Labute approximate surface area is 99.3 Å². The number of nitrogens with one attached hydrogen (secondary N) is 1. The van der Waals surface area contributed by atoms with E-state index in [4.69, 9.17) is 0 Å². The second kappa shape index (κ2) is 5.01. The van der Waals surface area contributed by atoms with E-state index in [0.717, 1.165) is 18.4 Å². The van der Waals surface area contributed by atoms with Crippen LogP contribution in [0.2, 0.25) is 0 Å². The van der Waals surface area contributed by atoms with E-state index in [1.165, 1.54) is 24.0 Å². The molecule has 1 nitrogen and oxygen atoms in total. The maximum Gasteiger partial charge on any atom is 0.0348 e. The largest absolute Gasteiger partial charge is 0.310 e. The highest BCUT2D eigenvalue weighted by atomic mass is 14.9. The second-order valence-corrected chi connectivity index (χ2v) is 5.14. The molecule has 1 saturated carbocycles. The molecule has 0 spiro atoms. The van der Waals surface area contributed by atoms with E-state index >= 15 is 0 Å². The van der Waals surface area contributed by atoms with Crippen LogP contribution in [-0.4, -0.2) is 6.54 Å². The van der Waals surface area contributed by atoms with Crippen molar-refractivity contribution in [3.05, 3.63) is 35.4 Å². The second-order valence-electron chi connectivity index (χ2n) is 5.14. The zero-order valence-electron chi connectivity index (χ0n) is 10.7. The molecule has 1 N–H and O–H groups in total. The smallest absolute Gasteiger partial charge is 0.0348 e. The third kappa shape index (κ3) is 2.65. The first kappa shape index (κ1) is 11.7. The van der Waals surface area contributed by atoms with Crippen LogP contribution in [0, 0.1) is 18.8 Å². The molecule has 0 saturated heterocycles. The number of hydrogen-bond donors (Lipinski definition) is 1. The first-order valence-corrected chi connectivity index (χ1v) is 6.52. The van der Waals surface area contributed by atoms with Gasteiger partial charge >= 0.3 is 0 Å². The SMILES string of the molecule is CCNC(c1ccc(C)cc1)C(C)C1CC1. The fourth-order valence-corrected chi connectivity index (χ4v) is 2.50. The average molecular weight is 217 g/mol. The molecule has 1 aliphatic carbocycles. The molecule has 0 bridgehead atoms. The van der Waals surface area contributed by atoms with Crippen LogP contribution < -0.4 is 5.32 Å². The molecule has 1 aromatic rings. The van der Waals surface area contributed by atoms with Crippen LogP contribution in [-0.2, 0) is 0 Å². The fraction of sp³-hybridized carbons (Fsp3) is 0.600. The van der Waals surface area contributed by atoms with Crippen LogP contribution in [0.3, 0.4) is 0 Å². The summed E-state index contributed by atoms with van der Waals surface area (Å²) in [6, 6.07) is 9.54. The number of aryl methyl sites for hydroxylation is 1. The van der Waals surface area contributed by atoms with Gasteiger partial charge < -0.3 is 5.32 Å². The third-order valence-electron chi connectivity index (χ3n) is 3.75. The van der Waals surface area contributed by atoms with Crippen molar-refractivity contribution >= 4 is 0 Å². The molecule has 0 radical (unpaired) electrons. The van der Waals surface area contributed by atoms with Crippen molar-refractivity contribution in [2.45, 2.75) is 39.7 Å². The van der Waals surface area contributed by atoms with E-state index < -0.39 is 0 Å². The Kier molecular flexibility index (Phi) is 3.65. The summed E-state index contributed by atoms with van der Waals surface area (Å²) in [5.74, 6) is 1.72. The normalized spacial score (nSPS) is 19.4. The van der Waals surface area contributed by atoms with Crippen LogP contribution in [0.5, 0.6) is 0 Å². The van der Waals surface area contributed by atoms with E-state index in [-0.39, 0.29) is 0 Å². The summed E-state index contributed by atoms with van der Waals surface area (Å²) in [5.41, 5.74) is 2.80. The molecule has 0 amide bonds. The molecule has 0 aliphatic heterocycles. The van der Waals surface area contributed by atoms with Crippen molar-refractivity contribution in [3.63, 3.8) is 0 Å². The van der Waals surface area contributed by atoms with Gasteiger partial charge in [-0.05, 0) is 43.7 Å². The van der Waals surface area contributed by atoms with E-state index in [1.807, 2.05) is 0 Å². The van der Waals surface area contributed by atoms with Gasteiger partial charge in [-0.25, -0.2) is 0 Å². The lowest BCUT2D eigenvalue weighted by Gasteiger charge is -2.25. The molecule has 1 fully saturated rings. The van der Waals surface area contributed by atoms with Crippen molar-refractivity contribution in [2.24, 2.45) is 11.8 Å². The maximum absolute atomic E-state index is 3.64. The summed E-state index contributed by atoms with van der Waals surface area (Å²) in [4.78, 5) is 0. The van der Waals surface area contributed by atoms with Gasteiger partial charge in [0.2, 0.25) is 0 Å². The summed E-state index contributed by atoms with van der Waals surface area (Å²) < 4.78 is 0.